The minimum atomic E-state index is -5.03. The van der Waals surface area contributed by atoms with E-state index >= 15 is 0 Å². The van der Waals surface area contributed by atoms with E-state index in [2.05, 4.69) is 198 Å². The molecule has 0 rings (SSSR count). The van der Waals surface area contributed by atoms with Crippen LogP contribution >= 0.6 is 15.6 Å². The number of hydrogen-bond acceptors (Lipinski definition) is 15. The Balaban J connectivity index is 5.57. The van der Waals surface area contributed by atoms with Crippen LogP contribution in [0.3, 0.4) is 0 Å². The molecule has 3 N–H and O–H groups in total. The Labute approximate surface area is 678 Å². The van der Waals surface area contributed by atoms with Gasteiger partial charge in [0.05, 0.1) is 26.4 Å². The fraction of sp³-hybridized carbons (Fsp3) is 0.591. The predicted octanol–water partition coefficient (Wildman–Crippen LogP) is 25.4. The Bertz CT molecular complexity index is 2940. The number of hydrogen-bond donors (Lipinski definition) is 3. The van der Waals surface area contributed by atoms with Gasteiger partial charge in [0.15, 0.2) is 12.2 Å². The summed E-state index contributed by atoms with van der Waals surface area (Å²) in [6.07, 6.45) is 104. The maximum absolute atomic E-state index is 13.1. The molecule has 632 valence electrons. The second-order valence-corrected chi connectivity index (χ2v) is 30.2. The van der Waals surface area contributed by atoms with Crippen LogP contribution in [0.25, 0.3) is 0 Å². The van der Waals surface area contributed by atoms with E-state index in [4.69, 9.17) is 37.0 Å². The van der Waals surface area contributed by atoms with E-state index in [1.54, 1.807) is 0 Å². The topological polar surface area (TPSA) is 237 Å². The quantitative estimate of drug-likeness (QED) is 0.0169. The van der Waals surface area contributed by atoms with Crippen molar-refractivity contribution in [3.8, 4) is 0 Å². The molecule has 0 aromatic carbocycles. The first-order valence-corrected chi connectivity index (χ1v) is 45.3. The summed E-state index contributed by atoms with van der Waals surface area (Å²) >= 11 is 0. The maximum atomic E-state index is 13.1. The number of unbranched alkanes of at least 4 members (excludes halogenated alkanes) is 17. The molecule has 0 heterocycles. The van der Waals surface area contributed by atoms with Gasteiger partial charge < -0.3 is 33.8 Å². The van der Waals surface area contributed by atoms with Crippen molar-refractivity contribution in [2.45, 2.75) is 316 Å². The first kappa shape index (κ1) is 106. The number of carbonyl (C=O) groups excluding carboxylic acids is 4. The van der Waals surface area contributed by atoms with Crippen molar-refractivity contribution in [2.75, 3.05) is 39.6 Å². The lowest BCUT2D eigenvalue weighted by atomic mass is 10.0. The van der Waals surface area contributed by atoms with E-state index in [0.717, 1.165) is 141 Å². The van der Waals surface area contributed by atoms with Gasteiger partial charge in [0.25, 0.3) is 0 Å². The molecular formula is C93H148O17P2. The van der Waals surface area contributed by atoms with Gasteiger partial charge in [-0.1, -0.05) is 331 Å². The molecule has 0 spiro atoms. The summed E-state index contributed by atoms with van der Waals surface area (Å²) in [7, 11) is -10.0. The normalized spacial score (nSPS) is 14.8. The molecule has 0 aromatic rings. The van der Waals surface area contributed by atoms with Crippen LogP contribution in [-0.2, 0) is 65.4 Å². The Morgan fingerprint density at radius 2 is 0.482 bits per heavy atom. The largest absolute Gasteiger partial charge is 0.472 e. The highest BCUT2D eigenvalue weighted by Crippen LogP contribution is 2.45. The highest BCUT2D eigenvalue weighted by Gasteiger charge is 2.30. The number of phosphoric acid groups is 2. The van der Waals surface area contributed by atoms with Gasteiger partial charge in [0.2, 0.25) is 0 Å². The number of esters is 4. The van der Waals surface area contributed by atoms with E-state index in [1.807, 2.05) is 36.5 Å². The van der Waals surface area contributed by atoms with Crippen molar-refractivity contribution in [3.63, 3.8) is 0 Å². The van der Waals surface area contributed by atoms with Crippen LogP contribution in [0.1, 0.15) is 297 Å². The fourth-order valence-corrected chi connectivity index (χ4v) is 12.1. The zero-order valence-electron chi connectivity index (χ0n) is 69.3. The SMILES string of the molecule is CC/C=C\C/C=C\C/C=C\C/C=C\C/C=C\C/C=C\CCC(=O)OC[C@H](COP(=O)(O)OC[C@@H](O)COP(=O)(O)OC[C@@H](COC(=O)CCCCCCCCCCCCCCCCC)OC(=O)CCCCC/C=C\C/C=C\C/C=C\C/C=C\C/C=C\CC)OC(=O)CC/C=C\C/C=C\C/C=C\C/C=C\C/C=C\C/C=C\CC. The molecule has 0 bridgehead atoms. The summed E-state index contributed by atoms with van der Waals surface area (Å²) < 4.78 is 68.6. The van der Waals surface area contributed by atoms with Crippen LogP contribution in [0.5, 0.6) is 0 Å². The molecule has 0 saturated heterocycles. The molecular weight excluding hydrogens is 1450 g/mol. The third-order valence-electron chi connectivity index (χ3n) is 16.8. The second kappa shape index (κ2) is 82.6. The highest BCUT2D eigenvalue weighted by atomic mass is 31.2. The summed E-state index contributed by atoms with van der Waals surface area (Å²) in [6, 6.07) is 0. The van der Waals surface area contributed by atoms with Gasteiger partial charge in [-0.25, -0.2) is 9.13 Å². The van der Waals surface area contributed by atoms with Gasteiger partial charge in [0.1, 0.15) is 19.3 Å². The van der Waals surface area contributed by atoms with Crippen LogP contribution in [0.4, 0.5) is 0 Å². The third-order valence-corrected chi connectivity index (χ3v) is 18.7. The van der Waals surface area contributed by atoms with Crippen LogP contribution in [-0.4, -0.2) is 96.7 Å². The maximum Gasteiger partial charge on any atom is 0.472 e. The second-order valence-electron chi connectivity index (χ2n) is 27.3. The van der Waals surface area contributed by atoms with Gasteiger partial charge in [-0.3, -0.25) is 37.3 Å². The van der Waals surface area contributed by atoms with Crippen molar-refractivity contribution in [1.82, 2.24) is 0 Å². The van der Waals surface area contributed by atoms with Gasteiger partial charge in [0, 0.05) is 25.7 Å². The molecule has 0 amide bonds. The molecule has 2 unspecified atom stereocenters. The molecule has 0 aliphatic rings. The molecule has 19 heteroatoms. The number of rotatable bonds is 77. The van der Waals surface area contributed by atoms with Crippen molar-refractivity contribution in [1.29, 1.82) is 0 Å². The average Bonchev–Trinajstić information content (AvgIpc) is 0.908. The number of allylic oxidation sites excluding steroid dienone is 34. The number of aliphatic hydroxyl groups excluding tert-OH is 1. The molecule has 17 nitrogen and oxygen atoms in total. The molecule has 0 aliphatic heterocycles. The van der Waals surface area contributed by atoms with Crippen LogP contribution in [0.15, 0.2) is 207 Å². The molecule has 0 aliphatic carbocycles. The Kier molecular flexibility index (Phi) is 77.9. The Morgan fingerprint density at radius 1 is 0.259 bits per heavy atom. The van der Waals surface area contributed by atoms with E-state index in [1.165, 1.54) is 64.2 Å². The summed E-state index contributed by atoms with van der Waals surface area (Å²) in [5.41, 5.74) is 0. The van der Waals surface area contributed by atoms with Gasteiger partial charge in [-0.15, -0.1) is 0 Å². The van der Waals surface area contributed by atoms with Crippen LogP contribution < -0.4 is 0 Å². The minimum Gasteiger partial charge on any atom is -0.462 e. The van der Waals surface area contributed by atoms with Crippen LogP contribution in [0, 0.1) is 0 Å². The van der Waals surface area contributed by atoms with E-state index < -0.39 is 97.5 Å². The lowest BCUT2D eigenvalue weighted by molar-refractivity contribution is -0.161. The first-order chi connectivity index (χ1) is 54.7. The van der Waals surface area contributed by atoms with Crippen LogP contribution in [0.2, 0.25) is 0 Å². The van der Waals surface area contributed by atoms with Crippen molar-refractivity contribution >= 4 is 39.5 Å². The Morgan fingerprint density at radius 3 is 0.786 bits per heavy atom. The zero-order valence-corrected chi connectivity index (χ0v) is 71.0. The third kappa shape index (κ3) is 81.6. The Hall–Kier alpha value is -6.36. The predicted molar refractivity (Wildman–Crippen MR) is 463 cm³/mol. The zero-order chi connectivity index (χ0) is 81.7. The molecule has 0 saturated carbocycles. The van der Waals surface area contributed by atoms with Gasteiger partial charge in [-0.2, -0.15) is 0 Å². The van der Waals surface area contributed by atoms with Gasteiger partial charge >= 0.3 is 39.5 Å². The summed E-state index contributed by atoms with van der Waals surface area (Å²) in [4.78, 5) is 73.2. The molecule has 0 radical (unpaired) electrons. The van der Waals surface area contributed by atoms with E-state index in [0.29, 0.717) is 38.5 Å². The average molecular weight is 1600 g/mol. The molecule has 0 fully saturated rings. The summed E-state index contributed by atoms with van der Waals surface area (Å²) in [5.74, 6) is -2.42. The van der Waals surface area contributed by atoms with Crippen molar-refractivity contribution in [3.05, 3.63) is 207 Å². The van der Waals surface area contributed by atoms with Crippen molar-refractivity contribution in [2.24, 2.45) is 0 Å². The van der Waals surface area contributed by atoms with Gasteiger partial charge in [-0.05, 0) is 148 Å². The molecule has 0 aromatic heterocycles. The number of carbonyl (C=O) groups is 4. The monoisotopic (exact) mass is 1600 g/mol. The number of aliphatic hydroxyl groups is 1. The summed E-state index contributed by atoms with van der Waals surface area (Å²) in [6.45, 7) is 4.32. The lowest BCUT2D eigenvalue weighted by Gasteiger charge is -2.21. The van der Waals surface area contributed by atoms with E-state index in [-0.39, 0.29) is 25.7 Å². The standard InChI is InChI=1S/C93H148O17P2/c1-5-9-13-17-21-25-29-33-37-40-43-46-50-54-58-62-66-70-74-78-91(96)104-84-89(110-93(98)80-76-72-68-64-60-56-52-48-45-42-39-35-31-27-23-19-15-11-7-3)86-108-112(101,102)106-82-87(94)81-105-111(99,100)107-85-88(83-103-90(95)77-73-69-65-61-57-53-49-36-32-28-24-20-16-12-8-4)109-92(97)79-75-71-67-63-59-55-51-47-44-41-38-34-30-26-22-18-14-10-6-2/h9-11,13-15,21-23,25-27,33-35,37-39,43-48,54-56,58-60,66,68,70,72,87-89,94H,5-8,12,16-20,24,28-32,36,40-42,49-53,57,61-65,67,69,71,73-86H2,1-4H3,(H,99,100)(H,101,102)/b13-9-,14-10-,15-11-,25-21-,26-22-,27-23-,37-33-,38-34-,39-35-,46-43-,47-44-,48-45-,58-54-,59-55-,60-56-,70-66-,72-68-/t87-,88+,89+/m0/s1. The number of ether oxygens (including phenoxy) is 4. The van der Waals surface area contributed by atoms with E-state index in [9.17, 15) is 43.2 Å². The molecule has 112 heavy (non-hydrogen) atoms. The fourth-order valence-electron chi connectivity index (χ4n) is 10.5. The smallest absolute Gasteiger partial charge is 0.462 e. The minimum absolute atomic E-state index is 0.0111. The first-order valence-electron chi connectivity index (χ1n) is 42.3. The number of phosphoric ester groups is 2. The molecule has 5 atom stereocenters. The summed E-state index contributed by atoms with van der Waals surface area (Å²) in [5, 5.41) is 10.7. The van der Waals surface area contributed by atoms with Crippen molar-refractivity contribution < 1.29 is 80.2 Å². The lowest BCUT2D eigenvalue weighted by Crippen LogP contribution is -2.30. The highest BCUT2D eigenvalue weighted by molar-refractivity contribution is 7.47.